The van der Waals surface area contributed by atoms with Crippen molar-refractivity contribution in [1.82, 2.24) is 4.98 Å². The number of benzene rings is 1. The summed E-state index contributed by atoms with van der Waals surface area (Å²) in [5, 5.41) is 0.726. The van der Waals surface area contributed by atoms with E-state index in [2.05, 4.69) is 11.9 Å². The number of rotatable bonds is 5. The number of para-hydroxylation sites is 1. The summed E-state index contributed by atoms with van der Waals surface area (Å²) in [7, 11) is 0. The van der Waals surface area contributed by atoms with E-state index < -0.39 is 0 Å². The van der Waals surface area contributed by atoms with Crippen LogP contribution in [-0.4, -0.2) is 10.7 Å². The molecule has 0 aliphatic carbocycles. The van der Waals surface area contributed by atoms with Crippen molar-refractivity contribution in [1.29, 1.82) is 0 Å². The van der Waals surface area contributed by atoms with Crippen molar-refractivity contribution in [3.05, 3.63) is 18.2 Å². The molecule has 2 N–H and O–H groups in total. The Morgan fingerprint density at radius 3 is 3.00 bits per heavy atom. The van der Waals surface area contributed by atoms with Crippen molar-refractivity contribution in [3.8, 4) is 0 Å². The molecule has 0 unspecified atom stereocenters. The summed E-state index contributed by atoms with van der Waals surface area (Å²) < 4.78 is 5.60. The molecule has 0 fully saturated rings. The highest BCUT2D eigenvalue weighted by Gasteiger charge is 2.07. The summed E-state index contributed by atoms with van der Waals surface area (Å²) in [6.07, 6.45) is 3.70. The lowest BCUT2D eigenvalue weighted by molar-refractivity contribution is 0.489. The molecule has 2 aromatic rings. The number of anilines is 1. The molecule has 4 heteroatoms. The van der Waals surface area contributed by atoms with Gasteiger partial charge in [-0.2, -0.15) is 0 Å². The Balaban J connectivity index is 2.05. The normalized spacial score (nSPS) is 11.1. The Morgan fingerprint density at radius 2 is 2.25 bits per heavy atom. The van der Waals surface area contributed by atoms with Gasteiger partial charge >= 0.3 is 0 Å². The lowest BCUT2D eigenvalue weighted by Gasteiger charge is -1.94. The first kappa shape index (κ1) is 11.3. The number of hydrogen-bond donors (Lipinski definition) is 1. The van der Waals surface area contributed by atoms with Gasteiger partial charge in [-0.15, -0.1) is 0 Å². The number of nitrogens with two attached hydrogens (primary N) is 1. The summed E-state index contributed by atoms with van der Waals surface area (Å²) in [6, 6.07) is 5.62. The van der Waals surface area contributed by atoms with Gasteiger partial charge in [-0.25, -0.2) is 4.98 Å². The van der Waals surface area contributed by atoms with E-state index in [9.17, 15) is 0 Å². The van der Waals surface area contributed by atoms with E-state index in [1.807, 2.05) is 18.2 Å². The van der Waals surface area contributed by atoms with E-state index >= 15 is 0 Å². The topological polar surface area (TPSA) is 52.0 Å². The zero-order valence-corrected chi connectivity index (χ0v) is 10.2. The Kier molecular flexibility index (Phi) is 3.72. The fourth-order valence-corrected chi connectivity index (χ4v) is 2.35. The SMILES string of the molecule is CCCCCSc1nc2c(N)cccc2o1. The maximum Gasteiger partial charge on any atom is 0.256 e. The van der Waals surface area contributed by atoms with Crippen molar-refractivity contribution in [2.24, 2.45) is 0 Å². The van der Waals surface area contributed by atoms with E-state index in [0.29, 0.717) is 5.69 Å². The van der Waals surface area contributed by atoms with Crippen LogP contribution < -0.4 is 5.73 Å². The van der Waals surface area contributed by atoms with Crippen LogP contribution in [0.4, 0.5) is 5.69 Å². The summed E-state index contributed by atoms with van der Waals surface area (Å²) in [6.45, 7) is 2.20. The predicted octanol–water partition coefficient (Wildman–Crippen LogP) is 3.69. The van der Waals surface area contributed by atoms with Gasteiger partial charge in [0, 0.05) is 5.75 Å². The molecule has 16 heavy (non-hydrogen) atoms. The van der Waals surface area contributed by atoms with Gasteiger partial charge in [0.15, 0.2) is 5.58 Å². The molecule has 2 rings (SSSR count). The van der Waals surface area contributed by atoms with Crippen molar-refractivity contribution in [3.63, 3.8) is 0 Å². The molecule has 0 amide bonds. The minimum Gasteiger partial charge on any atom is -0.431 e. The molecule has 0 radical (unpaired) electrons. The van der Waals surface area contributed by atoms with Crippen LogP contribution in [0.15, 0.2) is 27.8 Å². The third-order valence-corrected chi connectivity index (χ3v) is 3.32. The minimum atomic E-state index is 0.682. The molecule has 0 atom stereocenters. The monoisotopic (exact) mass is 236 g/mol. The third-order valence-electron chi connectivity index (χ3n) is 2.40. The van der Waals surface area contributed by atoms with Gasteiger partial charge in [-0.1, -0.05) is 37.6 Å². The van der Waals surface area contributed by atoms with Crippen LogP contribution in [-0.2, 0) is 0 Å². The average molecular weight is 236 g/mol. The van der Waals surface area contributed by atoms with Crippen LogP contribution in [0.3, 0.4) is 0 Å². The molecular formula is C12H16N2OS. The Hall–Kier alpha value is -1.16. The maximum absolute atomic E-state index is 5.81. The summed E-state index contributed by atoms with van der Waals surface area (Å²) >= 11 is 1.66. The highest BCUT2D eigenvalue weighted by atomic mass is 32.2. The van der Waals surface area contributed by atoms with Gasteiger partial charge < -0.3 is 10.2 Å². The molecule has 1 heterocycles. The zero-order chi connectivity index (χ0) is 11.4. The first-order valence-corrected chi connectivity index (χ1v) is 6.57. The molecule has 86 valence electrons. The standard InChI is InChI=1S/C12H16N2OS/c1-2-3-4-8-16-12-14-11-9(13)6-5-7-10(11)15-12/h5-7H,2-4,8,13H2,1H3. The third kappa shape index (κ3) is 2.50. The zero-order valence-electron chi connectivity index (χ0n) is 9.40. The second-order valence-electron chi connectivity index (χ2n) is 3.73. The number of nitrogens with zero attached hydrogens (tertiary/aromatic N) is 1. The first-order chi connectivity index (χ1) is 7.81. The van der Waals surface area contributed by atoms with Crippen molar-refractivity contribution < 1.29 is 4.42 Å². The molecule has 3 nitrogen and oxygen atoms in total. The molecule has 0 bridgehead atoms. The number of aromatic nitrogens is 1. The van der Waals surface area contributed by atoms with Crippen LogP contribution in [0.5, 0.6) is 0 Å². The van der Waals surface area contributed by atoms with Gasteiger partial charge in [0.25, 0.3) is 5.22 Å². The van der Waals surface area contributed by atoms with Crippen molar-refractivity contribution in [2.45, 2.75) is 31.4 Å². The van der Waals surface area contributed by atoms with E-state index in [0.717, 1.165) is 22.1 Å². The lowest BCUT2D eigenvalue weighted by atomic mass is 10.3. The van der Waals surface area contributed by atoms with Crippen LogP contribution in [0.1, 0.15) is 26.2 Å². The summed E-state index contributed by atoms with van der Waals surface area (Å²) in [5.74, 6) is 1.06. The molecule has 0 spiro atoms. The first-order valence-electron chi connectivity index (χ1n) is 5.59. The van der Waals surface area contributed by atoms with Gasteiger partial charge in [0.1, 0.15) is 5.52 Å². The van der Waals surface area contributed by atoms with Gasteiger partial charge in [-0.05, 0) is 18.6 Å². The number of hydrogen-bond acceptors (Lipinski definition) is 4. The van der Waals surface area contributed by atoms with Crippen molar-refractivity contribution in [2.75, 3.05) is 11.5 Å². The highest BCUT2D eigenvalue weighted by Crippen LogP contribution is 2.27. The van der Waals surface area contributed by atoms with Crippen LogP contribution >= 0.6 is 11.8 Å². The van der Waals surface area contributed by atoms with Gasteiger partial charge in [0.2, 0.25) is 0 Å². The molecule has 0 saturated carbocycles. The number of unbranched alkanes of at least 4 members (excludes halogenated alkanes) is 2. The highest BCUT2D eigenvalue weighted by molar-refractivity contribution is 7.99. The molecule has 0 aliphatic heterocycles. The smallest absolute Gasteiger partial charge is 0.256 e. The van der Waals surface area contributed by atoms with E-state index in [4.69, 9.17) is 10.2 Å². The average Bonchev–Trinajstić information content (AvgIpc) is 2.69. The number of thioether (sulfide) groups is 1. The molecule has 0 aliphatic rings. The maximum atomic E-state index is 5.81. The van der Waals surface area contributed by atoms with E-state index in [1.54, 1.807) is 11.8 Å². The molecular weight excluding hydrogens is 220 g/mol. The predicted molar refractivity (Wildman–Crippen MR) is 68.7 cm³/mol. The Bertz CT molecular complexity index is 467. The fourth-order valence-electron chi connectivity index (χ4n) is 1.52. The fraction of sp³-hybridized carbons (Fsp3) is 0.417. The van der Waals surface area contributed by atoms with E-state index in [1.165, 1.54) is 19.3 Å². The van der Waals surface area contributed by atoms with Crippen LogP contribution in [0, 0.1) is 0 Å². The van der Waals surface area contributed by atoms with Crippen molar-refractivity contribution >= 4 is 28.5 Å². The Morgan fingerprint density at radius 1 is 1.38 bits per heavy atom. The van der Waals surface area contributed by atoms with E-state index in [-0.39, 0.29) is 0 Å². The number of oxazole rings is 1. The largest absolute Gasteiger partial charge is 0.431 e. The quantitative estimate of drug-likeness (QED) is 0.488. The molecule has 0 saturated heterocycles. The number of fused-ring (bicyclic) bond motifs is 1. The van der Waals surface area contributed by atoms with Gasteiger partial charge in [0.05, 0.1) is 5.69 Å². The second kappa shape index (κ2) is 5.25. The summed E-state index contributed by atoms with van der Waals surface area (Å²) in [5.41, 5.74) is 8.05. The summed E-state index contributed by atoms with van der Waals surface area (Å²) in [4.78, 5) is 4.38. The molecule has 1 aromatic heterocycles. The number of nitrogen functional groups attached to an aromatic ring is 1. The van der Waals surface area contributed by atoms with Crippen LogP contribution in [0.2, 0.25) is 0 Å². The second-order valence-corrected chi connectivity index (χ2v) is 4.78. The minimum absolute atomic E-state index is 0.682. The lowest BCUT2D eigenvalue weighted by Crippen LogP contribution is -1.85. The van der Waals surface area contributed by atoms with Crippen LogP contribution in [0.25, 0.3) is 11.1 Å². The molecule has 1 aromatic carbocycles. The Labute approximate surface area is 99.4 Å². The van der Waals surface area contributed by atoms with Gasteiger partial charge in [-0.3, -0.25) is 0 Å².